The Morgan fingerprint density at radius 1 is 1.11 bits per heavy atom. The number of methoxy groups -OCH3 is 2. The first-order valence-corrected chi connectivity index (χ1v) is 12.1. The number of hydrogen-bond acceptors (Lipinski definition) is 7. The van der Waals surface area contributed by atoms with E-state index >= 15 is 0 Å². The average Bonchev–Trinajstić information content (AvgIpc) is 3.29. The molecule has 182 valence electrons. The molecule has 0 bridgehead atoms. The molecule has 35 heavy (non-hydrogen) atoms. The monoisotopic (exact) mass is 493 g/mol. The van der Waals surface area contributed by atoms with Crippen LogP contribution in [0.2, 0.25) is 0 Å². The highest BCUT2D eigenvalue weighted by Gasteiger charge is 2.17. The SMILES string of the molecule is CCn1cc2nc(SCC(=O)Nc3cc(OC)ccc3OC)n(Cc3ccc(C)cc3)c(=O)c2n1. The predicted octanol–water partition coefficient (Wildman–Crippen LogP) is 3.72. The number of benzene rings is 2. The van der Waals surface area contributed by atoms with E-state index in [4.69, 9.17) is 9.47 Å². The second kappa shape index (κ2) is 10.6. The van der Waals surface area contributed by atoms with E-state index in [1.54, 1.807) is 40.8 Å². The molecule has 4 aromatic rings. The minimum atomic E-state index is -0.262. The molecule has 0 aliphatic rings. The Morgan fingerprint density at radius 2 is 1.89 bits per heavy atom. The van der Waals surface area contributed by atoms with Crippen LogP contribution in [0.15, 0.2) is 58.6 Å². The molecule has 2 aromatic carbocycles. The van der Waals surface area contributed by atoms with Gasteiger partial charge in [0, 0.05) is 12.6 Å². The second-order valence-electron chi connectivity index (χ2n) is 7.89. The molecular formula is C25H27N5O4S. The Morgan fingerprint density at radius 3 is 2.57 bits per heavy atom. The number of aromatic nitrogens is 4. The van der Waals surface area contributed by atoms with Crippen molar-refractivity contribution < 1.29 is 14.3 Å². The standard InChI is InChI=1S/C25H27N5O4S/c1-5-29-14-20-23(28-29)24(32)30(13-17-8-6-16(2)7-9-17)25(27-20)35-15-22(31)26-19-12-18(33-3)10-11-21(19)34-4/h6-12,14H,5,13,15H2,1-4H3,(H,26,31). The van der Waals surface area contributed by atoms with Gasteiger partial charge in [0.25, 0.3) is 5.56 Å². The van der Waals surface area contributed by atoms with Gasteiger partial charge >= 0.3 is 0 Å². The number of nitrogens with one attached hydrogen (secondary N) is 1. The molecule has 1 amide bonds. The first-order valence-electron chi connectivity index (χ1n) is 11.1. The minimum absolute atomic E-state index is 0.0497. The summed E-state index contributed by atoms with van der Waals surface area (Å²) in [5.74, 6) is 0.906. The van der Waals surface area contributed by atoms with Gasteiger partial charge in [-0.2, -0.15) is 5.10 Å². The van der Waals surface area contributed by atoms with E-state index in [0.717, 1.165) is 11.1 Å². The smallest absolute Gasteiger partial charge is 0.282 e. The third-order valence-electron chi connectivity index (χ3n) is 5.44. The highest BCUT2D eigenvalue weighted by molar-refractivity contribution is 7.99. The van der Waals surface area contributed by atoms with Gasteiger partial charge in [-0.3, -0.25) is 18.8 Å². The van der Waals surface area contributed by atoms with E-state index in [9.17, 15) is 9.59 Å². The summed E-state index contributed by atoms with van der Waals surface area (Å²) < 4.78 is 13.8. The van der Waals surface area contributed by atoms with Gasteiger partial charge in [0.05, 0.1) is 38.4 Å². The molecule has 0 fully saturated rings. The van der Waals surface area contributed by atoms with Crippen LogP contribution in [-0.4, -0.2) is 45.2 Å². The Bertz CT molecular complexity index is 1410. The minimum Gasteiger partial charge on any atom is -0.497 e. The predicted molar refractivity (Wildman–Crippen MR) is 137 cm³/mol. The van der Waals surface area contributed by atoms with Crippen LogP contribution in [0.5, 0.6) is 11.5 Å². The number of nitrogens with zero attached hydrogens (tertiary/aromatic N) is 4. The lowest BCUT2D eigenvalue weighted by Gasteiger charge is -2.13. The van der Waals surface area contributed by atoms with Gasteiger partial charge < -0.3 is 14.8 Å². The maximum absolute atomic E-state index is 13.3. The van der Waals surface area contributed by atoms with Crippen LogP contribution >= 0.6 is 11.8 Å². The number of rotatable bonds is 9. The summed E-state index contributed by atoms with van der Waals surface area (Å²) in [4.78, 5) is 30.8. The van der Waals surface area contributed by atoms with Crippen LogP contribution in [0, 0.1) is 6.92 Å². The number of aryl methyl sites for hydroxylation is 2. The van der Waals surface area contributed by atoms with Crippen molar-refractivity contribution in [2.75, 3.05) is 25.3 Å². The molecule has 2 heterocycles. The molecule has 9 nitrogen and oxygen atoms in total. The van der Waals surface area contributed by atoms with E-state index in [-0.39, 0.29) is 17.2 Å². The Kier molecular flexibility index (Phi) is 7.40. The number of fused-ring (bicyclic) bond motifs is 1. The molecule has 0 spiro atoms. The fourth-order valence-corrected chi connectivity index (χ4v) is 4.34. The lowest BCUT2D eigenvalue weighted by Crippen LogP contribution is -2.25. The zero-order chi connectivity index (χ0) is 24.9. The van der Waals surface area contributed by atoms with E-state index in [1.807, 2.05) is 38.1 Å². The Labute approximate surface area is 207 Å². The van der Waals surface area contributed by atoms with Gasteiger partial charge in [-0.05, 0) is 31.5 Å². The van der Waals surface area contributed by atoms with Crippen LogP contribution in [0.3, 0.4) is 0 Å². The van der Waals surface area contributed by atoms with Gasteiger partial charge in [0.1, 0.15) is 17.0 Å². The number of carbonyl (C=O) groups is 1. The van der Waals surface area contributed by atoms with Gasteiger partial charge in [0.2, 0.25) is 5.91 Å². The fraction of sp³-hybridized carbons (Fsp3) is 0.280. The van der Waals surface area contributed by atoms with Crippen LogP contribution in [0.1, 0.15) is 18.1 Å². The molecule has 0 aliphatic carbocycles. The summed E-state index contributed by atoms with van der Waals surface area (Å²) in [7, 11) is 3.09. The number of amides is 1. The van der Waals surface area contributed by atoms with Crippen molar-refractivity contribution in [3.63, 3.8) is 0 Å². The molecule has 0 unspecified atom stereocenters. The van der Waals surface area contributed by atoms with Crippen LogP contribution in [0.25, 0.3) is 11.0 Å². The van der Waals surface area contributed by atoms with Crippen molar-refractivity contribution in [2.45, 2.75) is 32.1 Å². The van der Waals surface area contributed by atoms with Gasteiger partial charge in [-0.25, -0.2) is 4.98 Å². The summed E-state index contributed by atoms with van der Waals surface area (Å²) in [5.41, 5.74) is 3.18. The summed E-state index contributed by atoms with van der Waals surface area (Å²) in [5, 5.41) is 7.68. The van der Waals surface area contributed by atoms with Gasteiger partial charge in [-0.1, -0.05) is 41.6 Å². The molecule has 10 heteroatoms. The molecule has 2 aromatic heterocycles. The molecule has 0 radical (unpaired) electrons. The molecule has 0 saturated heterocycles. The molecule has 0 aliphatic heterocycles. The van der Waals surface area contributed by atoms with Crippen molar-refractivity contribution >= 4 is 34.4 Å². The van der Waals surface area contributed by atoms with Crippen molar-refractivity contribution in [2.24, 2.45) is 0 Å². The maximum Gasteiger partial charge on any atom is 0.282 e. The largest absolute Gasteiger partial charge is 0.497 e. The maximum atomic E-state index is 13.3. The number of thioether (sulfide) groups is 1. The van der Waals surface area contributed by atoms with Crippen molar-refractivity contribution in [1.82, 2.24) is 19.3 Å². The number of hydrogen-bond donors (Lipinski definition) is 1. The van der Waals surface area contributed by atoms with Crippen LogP contribution < -0.4 is 20.3 Å². The third kappa shape index (κ3) is 5.48. The van der Waals surface area contributed by atoms with E-state index in [1.165, 1.54) is 18.9 Å². The van der Waals surface area contributed by atoms with Crippen LogP contribution in [0.4, 0.5) is 5.69 Å². The van der Waals surface area contributed by atoms with Crippen LogP contribution in [-0.2, 0) is 17.9 Å². The fourth-order valence-electron chi connectivity index (χ4n) is 3.54. The van der Waals surface area contributed by atoms with Gasteiger partial charge in [0.15, 0.2) is 10.7 Å². The zero-order valence-electron chi connectivity index (χ0n) is 20.1. The van der Waals surface area contributed by atoms with Crippen molar-refractivity contribution in [3.05, 3.63) is 70.1 Å². The molecule has 0 atom stereocenters. The van der Waals surface area contributed by atoms with E-state index in [0.29, 0.717) is 46.5 Å². The van der Waals surface area contributed by atoms with Crippen molar-refractivity contribution in [3.8, 4) is 11.5 Å². The van der Waals surface area contributed by atoms with E-state index < -0.39 is 0 Å². The first kappa shape index (κ1) is 24.3. The normalized spacial score (nSPS) is 11.0. The van der Waals surface area contributed by atoms with E-state index in [2.05, 4.69) is 15.4 Å². The zero-order valence-corrected chi connectivity index (χ0v) is 20.9. The quantitative estimate of drug-likeness (QED) is 0.280. The molecule has 0 saturated carbocycles. The lowest BCUT2D eigenvalue weighted by atomic mass is 10.1. The Hall–Kier alpha value is -3.79. The number of anilines is 1. The number of carbonyl (C=O) groups excluding carboxylic acids is 1. The molecule has 4 rings (SSSR count). The highest BCUT2D eigenvalue weighted by atomic mass is 32.2. The first-order chi connectivity index (χ1) is 16.9. The summed E-state index contributed by atoms with van der Waals surface area (Å²) in [6.45, 7) is 4.91. The highest BCUT2D eigenvalue weighted by Crippen LogP contribution is 2.29. The number of ether oxygens (including phenoxy) is 2. The average molecular weight is 494 g/mol. The summed E-state index contributed by atoms with van der Waals surface area (Å²) in [6.07, 6.45) is 1.75. The second-order valence-corrected chi connectivity index (χ2v) is 8.84. The topological polar surface area (TPSA) is 100 Å². The molecule has 1 N–H and O–H groups in total. The lowest BCUT2D eigenvalue weighted by molar-refractivity contribution is -0.113. The Balaban J connectivity index is 1.61. The van der Waals surface area contributed by atoms with Gasteiger partial charge in [-0.15, -0.1) is 0 Å². The van der Waals surface area contributed by atoms with Crippen molar-refractivity contribution in [1.29, 1.82) is 0 Å². The summed E-state index contributed by atoms with van der Waals surface area (Å²) in [6, 6.07) is 13.1. The molecular weight excluding hydrogens is 466 g/mol. The third-order valence-corrected chi connectivity index (χ3v) is 6.41. The summed E-state index contributed by atoms with van der Waals surface area (Å²) >= 11 is 1.20.